The van der Waals surface area contributed by atoms with Crippen LogP contribution in [0.25, 0.3) is 0 Å². The van der Waals surface area contributed by atoms with E-state index in [9.17, 15) is 0 Å². The summed E-state index contributed by atoms with van der Waals surface area (Å²) in [5, 5.41) is 36.5. The first kappa shape index (κ1) is 8.83. The van der Waals surface area contributed by atoms with Gasteiger partial charge in [-0.25, -0.2) is 0 Å². The Labute approximate surface area is 69.3 Å². The van der Waals surface area contributed by atoms with Crippen molar-refractivity contribution >= 4 is 0 Å². The lowest BCUT2D eigenvalue weighted by Crippen LogP contribution is -2.19. The molecule has 0 atom stereocenters. The molecule has 0 aliphatic rings. The first-order chi connectivity index (χ1) is 5.43. The van der Waals surface area contributed by atoms with Crippen molar-refractivity contribution < 1.29 is 20.4 Å². The normalized spacial score (nSPS) is 11.6. The molecular weight excluding hydrogens is 160 g/mol. The van der Waals surface area contributed by atoms with Crippen molar-refractivity contribution in [1.29, 1.82) is 0 Å². The van der Waals surface area contributed by atoms with Gasteiger partial charge in [-0.15, -0.1) is 0 Å². The van der Waals surface area contributed by atoms with E-state index in [2.05, 4.69) is 0 Å². The smallest absolute Gasteiger partial charge is 0.194 e. The topological polar surface area (TPSA) is 80.9 Å². The van der Waals surface area contributed by atoms with Crippen molar-refractivity contribution in [2.24, 2.45) is 0 Å². The number of hydrogen-bond donors (Lipinski definition) is 4. The lowest BCUT2D eigenvalue weighted by Gasteiger charge is -2.18. The van der Waals surface area contributed by atoms with E-state index in [1.54, 1.807) is 0 Å². The minimum Gasteiger partial charge on any atom is -0.507 e. The highest BCUT2D eigenvalue weighted by atomic mass is 16.5. The summed E-state index contributed by atoms with van der Waals surface area (Å²) in [6.07, 6.45) is 0. The summed E-state index contributed by atoms with van der Waals surface area (Å²) in [6, 6.07) is 3.93. The second kappa shape index (κ2) is 2.66. The standard InChI is InChI=1S/C8H10O4/c1-8(11,12)7-5(9)3-2-4-6(7)10/h2-4,9-12H,1H3. The van der Waals surface area contributed by atoms with Crippen molar-refractivity contribution in [3.8, 4) is 11.5 Å². The predicted molar refractivity (Wildman–Crippen MR) is 41.6 cm³/mol. The Morgan fingerprint density at radius 2 is 1.50 bits per heavy atom. The second-order valence-corrected chi connectivity index (χ2v) is 2.69. The molecule has 0 amide bonds. The molecule has 0 spiro atoms. The predicted octanol–water partition coefficient (Wildman–Crippen LogP) is 0.255. The van der Waals surface area contributed by atoms with Crippen LogP contribution in [0.4, 0.5) is 0 Å². The maximum absolute atomic E-state index is 9.15. The van der Waals surface area contributed by atoms with Crippen LogP contribution in [0.15, 0.2) is 18.2 Å². The molecule has 4 nitrogen and oxygen atoms in total. The van der Waals surface area contributed by atoms with Crippen LogP contribution in [0.1, 0.15) is 12.5 Å². The van der Waals surface area contributed by atoms with Gasteiger partial charge in [0.15, 0.2) is 5.79 Å². The van der Waals surface area contributed by atoms with E-state index in [1.807, 2.05) is 0 Å². The number of phenolic OH excluding ortho intramolecular Hbond substituents is 2. The Bertz CT molecular complexity index is 267. The molecule has 12 heavy (non-hydrogen) atoms. The van der Waals surface area contributed by atoms with Crippen molar-refractivity contribution in [3.05, 3.63) is 23.8 Å². The highest BCUT2D eigenvalue weighted by Gasteiger charge is 2.26. The van der Waals surface area contributed by atoms with Crippen molar-refractivity contribution in [3.63, 3.8) is 0 Å². The molecule has 0 heterocycles. The lowest BCUT2D eigenvalue weighted by molar-refractivity contribution is -0.154. The summed E-state index contributed by atoms with van der Waals surface area (Å²) in [4.78, 5) is 0. The van der Waals surface area contributed by atoms with E-state index in [0.717, 1.165) is 6.92 Å². The molecule has 66 valence electrons. The van der Waals surface area contributed by atoms with Gasteiger partial charge < -0.3 is 20.4 Å². The second-order valence-electron chi connectivity index (χ2n) is 2.69. The van der Waals surface area contributed by atoms with Crippen LogP contribution >= 0.6 is 0 Å². The fraction of sp³-hybridized carbons (Fsp3) is 0.250. The van der Waals surface area contributed by atoms with Gasteiger partial charge in [0.2, 0.25) is 0 Å². The molecule has 4 N–H and O–H groups in total. The van der Waals surface area contributed by atoms with Gasteiger partial charge in [-0.2, -0.15) is 0 Å². The van der Waals surface area contributed by atoms with Gasteiger partial charge in [0.05, 0.1) is 5.56 Å². The van der Waals surface area contributed by atoms with Crippen LogP contribution in [-0.2, 0) is 5.79 Å². The van der Waals surface area contributed by atoms with Gasteiger partial charge in [0.1, 0.15) is 11.5 Å². The third-order valence-electron chi connectivity index (χ3n) is 1.49. The largest absolute Gasteiger partial charge is 0.507 e. The Morgan fingerprint density at radius 3 is 1.75 bits per heavy atom. The van der Waals surface area contributed by atoms with Gasteiger partial charge >= 0.3 is 0 Å². The summed E-state index contributed by atoms with van der Waals surface area (Å²) in [6.45, 7) is 1.06. The Hall–Kier alpha value is -1.26. The average Bonchev–Trinajstić information content (AvgIpc) is 1.82. The van der Waals surface area contributed by atoms with Gasteiger partial charge in [-0.05, 0) is 19.1 Å². The van der Waals surface area contributed by atoms with Gasteiger partial charge in [0.25, 0.3) is 0 Å². The molecule has 0 aromatic heterocycles. The van der Waals surface area contributed by atoms with Gasteiger partial charge in [-0.1, -0.05) is 6.07 Å². The van der Waals surface area contributed by atoms with Crippen molar-refractivity contribution in [2.75, 3.05) is 0 Å². The van der Waals surface area contributed by atoms with E-state index >= 15 is 0 Å². The van der Waals surface area contributed by atoms with Crippen LogP contribution in [0.3, 0.4) is 0 Å². The maximum atomic E-state index is 9.15. The van der Waals surface area contributed by atoms with Crippen LogP contribution < -0.4 is 0 Å². The fourth-order valence-electron chi connectivity index (χ4n) is 1.01. The number of aromatic hydroxyl groups is 2. The minimum absolute atomic E-state index is 0.287. The van der Waals surface area contributed by atoms with E-state index in [-0.39, 0.29) is 17.1 Å². The Balaban J connectivity index is 3.31. The Kier molecular flexibility index (Phi) is 1.95. The zero-order chi connectivity index (χ0) is 9.35. The molecule has 4 heteroatoms. The highest BCUT2D eigenvalue weighted by Crippen LogP contribution is 2.34. The number of phenols is 2. The molecule has 1 aromatic carbocycles. The van der Waals surface area contributed by atoms with Crippen molar-refractivity contribution in [1.82, 2.24) is 0 Å². The fourth-order valence-corrected chi connectivity index (χ4v) is 1.01. The molecule has 0 bridgehead atoms. The van der Waals surface area contributed by atoms with E-state index in [0.29, 0.717) is 0 Å². The molecule has 0 aliphatic carbocycles. The monoisotopic (exact) mass is 170 g/mol. The number of benzene rings is 1. The molecule has 0 aliphatic heterocycles. The molecule has 0 saturated carbocycles. The molecule has 1 aromatic rings. The summed E-state index contributed by atoms with van der Waals surface area (Å²) in [5.41, 5.74) is -0.287. The molecule has 0 fully saturated rings. The van der Waals surface area contributed by atoms with E-state index in [1.165, 1.54) is 18.2 Å². The SMILES string of the molecule is CC(O)(O)c1c(O)cccc1O. The van der Waals surface area contributed by atoms with Gasteiger partial charge in [-0.3, -0.25) is 0 Å². The van der Waals surface area contributed by atoms with Crippen LogP contribution in [-0.4, -0.2) is 20.4 Å². The summed E-state index contributed by atoms with van der Waals surface area (Å²) >= 11 is 0. The quantitative estimate of drug-likeness (QED) is 0.455. The first-order valence-electron chi connectivity index (χ1n) is 3.39. The number of hydrogen-bond acceptors (Lipinski definition) is 4. The summed E-state index contributed by atoms with van der Waals surface area (Å²) in [7, 11) is 0. The zero-order valence-electron chi connectivity index (χ0n) is 6.52. The molecule has 0 unspecified atom stereocenters. The third-order valence-corrected chi connectivity index (χ3v) is 1.49. The summed E-state index contributed by atoms with van der Waals surface area (Å²) < 4.78 is 0. The molecule has 1 rings (SSSR count). The van der Waals surface area contributed by atoms with Crippen LogP contribution in [0, 0.1) is 0 Å². The lowest BCUT2D eigenvalue weighted by atomic mass is 10.1. The van der Waals surface area contributed by atoms with E-state index < -0.39 is 5.79 Å². The number of rotatable bonds is 1. The number of aliphatic hydroxyl groups is 2. The Morgan fingerprint density at radius 1 is 1.08 bits per heavy atom. The molecule has 0 saturated heterocycles. The zero-order valence-corrected chi connectivity index (χ0v) is 6.52. The highest BCUT2D eigenvalue weighted by molar-refractivity contribution is 5.45. The average molecular weight is 170 g/mol. The van der Waals surface area contributed by atoms with E-state index in [4.69, 9.17) is 20.4 Å². The van der Waals surface area contributed by atoms with Crippen LogP contribution in [0.2, 0.25) is 0 Å². The third kappa shape index (κ3) is 1.49. The summed E-state index contributed by atoms with van der Waals surface area (Å²) in [5.74, 6) is -2.92. The van der Waals surface area contributed by atoms with Gasteiger partial charge in [0, 0.05) is 0 Å². The maximum Gasteiger partial charge on any atom is 0.194 e. The molecular formula is C8H10O4. The first-order valence-corrected chi connectivity index (χ1v) is 3.39. The molecule has 0 radical (unpaired) electrons. The van der Waals surface area contributed by atoms with Crippen LogP contribution in [0.5, 0.6) is 11.5 Å². The van der Waals surface area contributed by atoms with Crippen molar-refractivity contribution in [2.45, 2.75) is 12.7 Å². The minimum atomic E-state index is -2.23.